The number of alkyl halides is 3. The maximum Gasteiger partial charge on any atom is 0.389 e. The van der Waals surface area contributed by atoms with Crippen LogP contribution in [0.5, 0.6) is 0 Å². The number of hydrogen-bond acceptors (Lipinski definition) is 3. The highest BCUT2D eigenvalue weighted by Gasteiger charge is 2.31. The second kappa shape index (κ2) is 5.16. The van der Waals surface area contributed by atoms with E-state index >= 15 is 0 Å². The van der Waals surface area contributed by atoms with E-state index in [0.717, 1.165) is 6.26 Å². The molecule has 0 rings (SSSR count). The Hall–Kier alpha value is -0.300. The molecular weight excluding hydrogens is 231 g/mol. The molecule has 0 bridgehead atoms. The summed E-state index contributed by atoms with van der Waals surface area (Å²) in [6.45, 7) is 1.41. The van der Waals surface area contributed by atoms with Crippen molar-refractivity contribution in [3.8, 4) is 0 Å². The van der Waals surface area contributed by atoms with Crippen LogP contribution in [0.2, 0.25) is 0 Å². The largest absolute Gasteiger partial charge is 0.389 e. The van der Waals surface area contributed by atoms with Crippen LogP contribution in [0.25, 0.3) is 0 Å². The van der Waals surface area contributed by atoms with E-state index in [1.807, 2.05) is 0 Å². The van der Waals surface area contributed by atoms with Crippen LogP contribution in [0.4, 0.5) is 13.2 Å². The quantitative estimate of drug-likeness (QED) is 0.797. The van der Waals surface area contributed by atoms with Crippen molar-refractivity contribution < 1.29 is 21.6 Å². The summed E-state index contributed by atoms with van der Waals surface area (Å²) in [6, 6.07) is -0.665. The predicted octanol–water partition coefficient (Wildman–Crippen LogP) is 1.35. The molecule has 0 aromatic heterocycles. The Morgan fingerprint density at radius 3 is 2.07 bits per heavy atom. The fourth-order valence-corrected chi connectivity index (χ4v) is 2.10. The van der Waals surface area contributed by atoms with Crippen LogP contribution in [0.3, 0.4) is 0 Å². The minimum Gasteiger partial charge on any atom is -0.316 e. The lowest BCUT2D eigenvalue weighted by atomic mass is 10.1. The molecule has 0 amide bonds. The molecule has 0 aliphatic carbocycles. The monoisotopic (exact) mass is 247 g/mol. The third-order valence-electron chi connectivity index (χ3n) is 2.35. The van der Waals surface area contributed by atoms with E-state index in [2.05, 4.69) is 5.32 Å². The highest BCUT2D eigenvalue weighted by molar-refractivity contribution is 7.91. The number of sulfone groups is 1. The summed E-state index contributed by atoms with van der Waals surface area (Å²) in [5, 5.41) is 1.79. The van der Waals surface area contributed by atoms with Crippen molar-refractivity contribution in [2.24, 2.45) is 0 Å². The number of rotatable bonds is 5. The van der Waals surface area contributed by atoms with Gasteiger partial charge in [-0.3, -0.25) is 0 Å². The van der Waals surface area contributed by atoms with Gasteiger partial charge < -0.3 is 5.32 Å². The summed E-state index contributed by atoms with van der Waals surface area (Å²) in [6.07, 6.45) is -4.42. The molecule has 2 atom stereocenters. The SMILES string of the molecule is CNC(CCC(F)(F)F)C(C)S(C)(=O)=O. The summed E-state index contributed by atoms with van der Waals surface area (Å²) >= 11 is 0. The molecule has 0 aliphatic heterocycles. The van der Waals surface area contributed by atoms with Gasteiger partial charge in [-0.2, -0.15) is 13.2 Å². The minimum absolute atomic E-state index is 0.228. The van der Waals surface area contributed by atoms with Crippen LogP contribution in [-0.4, -0.2) is 39.2 Å². The zero-order valence-electron chi connectivity index (χ0n) is 8.93. The van der Waals surface area contributed by atoms with Crippen LogP contribution in [0.15, 0.2) is 0 Å². The van der Waals surface area contributed by atoms with Gasteiger partial charge in [-0.05, 0) is 20.4 Å². The molecule has 92 valence electrons. The maximum atomic E-state index is 11.9. The fraction of sp³-hybridized carbons (Fsp3) is 1.00. The zero-order valence-corrected chi connectivity index (χ0v) is 9.74. The van der Waals surface area contributed by atoms with Gasteiger partial charge in [-0.1, -0.05) is 0 Å². The average Bonchev–Trinajstić information content (AvgIpc) is 2.01. The third kappa shape index (κ3) is 5.99. The standard InChI is InChI=1S/C8H16F3NO2S/c1-6(15(3,13)14)7(12-2)4-5-8(9,10)11/h6-7,12H,4-5H2,1-3H3. The van der Waals surface area contributed by atoms with Gasteiger partial charge >= 0.3 is 6.18 Å². The summed E-state index contributed by atoms with van der Waals surface area (Å²) in [5.74, 6) is 0. The van der Waals surface area contributed by atoms with E-state index in [4.69, 9.17) is 0 Å². The molecule has 0 aromatic carbocycles. The smallest absolute Gasteiger partial charge is 0.316 e. The van der Waals surface area contributed by atoms with E-state index in [-0.39, 0.29) is 6.42 Å². The molecule has 0 spiro atoms. The van der Waals surface area contributed by atoms with Gasteiger partial charge in [0.1, 0.15) is 0 Å². The van der Waals surface area contributed by atoms with Gasteiger partial charge in [0.25, 0.3) is 0 Å². The Morgan fingerprint density at radius 2 is 1.80 bits per heavy atom. The summed E-state index contributed by atoms with van der Waals surface area (Å²) < 4.78 is 58.1. The van der Waals surface area contributed by atoms with Gasteiger partial charge in [0.05, 0.1) is 5.25 Å². The van der Waals surface area contributed by atoms with E-state index in [1.54, 1.807) is 0 Å². The van der Waals surface area contributed by atoms with E-state index in [9.17, 15) is 21.6 Å². The molecule has 3 nitrogen and oxygen atoms in total. The highest BCUT2D eigenvalue weighted by atomic mass is 32.2. The molecule has 1 N–H and O–H groups in total. The van der Waals surface area contributed by atoms with Gasteiger partial charge in [0.2, 0.25) is 0 Å². The van der Waals surface area contributed by atoms with Gasteiger partial charge in [0.15, 0.2) is 9.84 Å². The Morgan fingerprint density at radius 1 is 1.33 bits per heavy atom. The summed E-state index contributed by atoms with van der Waals surface area (Å²) in [4.78, 5) is 0. The molecule has 7 heteroatoms. The van der Waals surface area contributed by atoms with Crippen LogP contribution in [-0.2, 0) is 9.84 Å². The molecule has 0 aliphatic rings. The van der Waals surface area contributed by atoms with Crippen molar-refractivity contribution in [2.75, 3.05) is 13.3 Å². The van der Waals surface area contributed by atoms with Crippen molar-refractivity contribution >= 4 is 9.84 Å². The van der Waals surface area contributed by atoms with Crippen LogP contribution >= 0.6 is 0 Å². The lowest BCUT2D eigenvalue weighted by Gasteiger charge is -2.22. The Bertz CT molecular complexity index is 287. The topological polar surface area (TPSA) is 46.2 Å². The first kappa shape index (κ1) is 14.7. The van der Waals surface area contributed by atoms with Crippen molar-refractivity contribution in [1.82, 2.24) is 5.32 Å². The van der Waals surface area contributed by atoms with Crippen LogP contribution in [0, 0.1) is 0 Å². The predicted molar refractivity (Wildman–Crippen MR) is 52.4 cm³/mol. The zero-order chi connectivity index (χ0) is 12.3. The molecule has 0 saturated heterocycles. The highest BCUT2D eigenvalue weighted by Crippen LogP contribution is 2.23. The van der Waals surface area contributed by atoms with E-state index < -0.39 is 33.7 Å². The van der Waals surface area contributed by atoms with Crippen LogP contribution in [0.1, 0.15) is 19.8 Å². The molecule has 0 heterocycles. The average molecular weight is 247 g/mol. The second-order valence-corrected chi connectivity index (χ2v) is 5.99. The minimum atomic E-state index is -4.24. The molecule has 0 fully saturated rings. The van der Waals surface area contributed by atoms with E-state index in [1.165, 1.54) is 14.0 Å². The Labute approximate surface area is 88.0 Å². The molecule has 2 unspecified atom stereocenters. The molecule has 0 saturated carbocycles. The van der Waals surface area contributed by atoms with Gasteiger partial charge in [-0.15, -0.1) is 0 Å². The normalized spacial score (nSPS) is 17.5. The first-order valence-electron chi connectivity index (χ1n) is 4.51. The van der Waals surface area contributed by atoms with Gasteiger partial charge in [0, 0.05) is 18.7 Å². The summed E-state index contributed by atoms with van der Waals surface area (Å²) in [7, 11) is -1.85. The molecule has 0 aromatic rings. The number of halogens is 3. The van der Waals surface area contributed by atoms with Crippen LogP contribution < -0.4 is 5.32 Å². The fourth-order valence-electron chi connectivity index (χ4n) is 1.23. The second-order valence-electron chi connectivity index (χ2n) is 3.58. The molecular formula is C8H16F3NO2S. The van der Waals surface area contributed by atoms with Crippen molar-refractivity contribution in [1.29, 1.82) is 0 Å². The Kier molecular flexibility index (Phi) is 5.05. The molecule has 15 heavy (non-hydrogen) atoms. The van der Waals surface area contributed by atoms with Crippen molar-refractivity contribution in [3.63, 3.8) is 0 Å². The summed E-state index contributed by atoms with van der Waals surface area (Å²) in [5.41, 5.74) is 0. The lowest BCUT2D eigenvalue weighted by molar-refractivity contribution is -0.136. The number of hydrogen-bond donors (Lipinski definition) is 1. The Balaban J connectivity index is 4.39. The van der Waals surface area contributed by atoms with Crippen molar-refractivity contribution in [2.45, 2.75) is 37.2 Å². The van der Waals surface area contributed by atoms with Gasteiger partial charge in [-0.25, -0.2) is 8.42 Å². The van der Waals surface area contributed by atoms with Crippen molar-refractivity contribution in [3.05, 3.63) is 0 Å². The van der Waals surface area contributed by atoms with E-state index in [0.29, 0.717) is 0 Å². The first-order valence-corrected chi connectivity index (χ1v) is 6.46. The number of nitrogens with one attached hydrogen (secondary N) is 1. The first-order chi connectivity index (χ1) is 6.58. The third-order valence-corrected chi connectivity index (χ3v) is 4.03. The lowest BCUT2D eigenvalue weighted by Crippen LogP contribution is -2.41. The molecule has 0 radical (unpaired) electrons. The maximum absolute atomic E-state index is 11.9.